The lowest BCUT2D eigenvalue weighted by Gasteiger charge is -2.36. The average Bonchev–Trinajstić information content (AvgIpc) is 2.88. The Balaban J connectivity index is 1.32. The van der Waals surface area contributed by atoms with E-state index in [0.717, 1.165) is 65.1 Å². The molecule has 4 rings (SSSR count). The third-order valence-electron chi connectivity index (χ3n) is 6.98. The molecular weight excluding hydrogens is 364 g/mol. The van der Waals surface area contributed by atoms with Gasteiger partial charge in [-0.25, -0.2) is 0 Å². The first-order valence-electron chi connectivity index (χ1n) is 11.1. The predicted molar refractivity (Wildman–Crippen MR) is 113 cm³/mol. The lowest BCUT2D eigenvalue weighted by Crippen LogP contribution is -2.50. The molecule has 2 atom stereocenters. The third kappa shape index (κ3) is 4.48. The Morgan fingerprint density at radius 1 is 1.07 bits per heavy atom. The zero-order chi connectivity index (χ0) is 20.4. The van der Waals surface area contributed by atoms with Gasteiger partial charge in [-0.05, 0) is 43.9 Å². The fourth-order valence-corrected chi connectivity index (χ4v) is 5.19. The van der Waals surface area contributed by atoms with Crippen LogP contribution in [0.1, 0.15) is 30.4 Å². The fraction of sp³-hybridized carbons (Fsp3) is 0.652. The normalized spacial score (nSPS) is 26.5. The molecule has 1 aromatic rings. The molecule has 6 heteroatoms. The van der Waals surface area contributed by atoms with Crippen LogP contribution < -0.4 is 0 Å². The second-order valence-corrected chi connectivity index (χ2v) is 8.94. The summed E-state index contributed by atoms with van der Waals surface area (Å²) in [5, 5.41) is 0. The molecule has 1 aromatic carbocycles. The van der Waals surface area contributed by atoms with Crippen molar-refractivity contribution in [2.45, 2.75) is 38.8 Å². The van der Waals surface area contributed by atoms with Crippen molar-refractivity contribution >= 4 is 11.8 Å². The first-order chi connectivity index (χ1) is 14.0. The van der Waals surface area contributed by atoms with Crippen molar-refractivity contribution < 1.29 is 9.59 Å². The number of benzene rings is 1. The number of likely N-dealkylation sites (tertiary alicyclic amines) is 2. The van der Waals surface area contributed by atoms with Crippen LogP contribution in [-0.4, -0.2) is 90.3 Å². The minimum atomic E-state index is 0.0929. The van der Waals surface area contributed by atoms with E-state index in [1.54, 1.807) is 0 Å². The van der Waals surface area contributed by atoms with Crippen molar-refractivity contribution in [3.05, 3.63) is 35.4 Å². The van der Waals surface area contributed by atoms with Crippen molar-refractivity contribution in [2.24, 2.45) is 5.92 Å². The summed E-state index contributed by atoms with van der Waals surface area (Å²) < 4.78 is 0. The summed E-state index contributed by atoms with van der Waals surface area (Å²) in [5.74, 6) is 0.578. The van der Waals surface area contributed by atoms with Crippen molar-refractivity contribution in [1.29, 1.82) is 0 Å². The summed E-state index contributed by atoms with van der Waals surface area (Å²) in [7, 11) is 1.89. The molecule has 3 aliphatic heterocycles. The van der Waals surface area contributed by atoms with E-state index in [4.69, 9.17) is 0 Å². The van der Waals surface area contributed by atoms with Gasteiger partial charge in [0.2, 0.25) is 11.8 Å². The van der Waals surface area contributed by atoms with Gasteiger partial charge in [0.05, 0.1) is 12.5 Å². The van der Waals surface area contributed by atoms with Gasteiger partial charge in [-0.3, -0.25) is 19.4 Å². The van der Waals surface area contributed by atoms with Gasteiger partial charge >= 0.3 is 0 Å². The Kier molecular flexibility index (Phi) is 6.20. The summed E-state index contributed by atoms with van der Waals surface area (Å²) in [6.45, 7) is 8.87. The number of carbonyl (C=O) groups excluding carboxylic acids is 2. The lowest BCUT2D eigenvalue weighted by molar-refractivity contribution is -0.135. The molecule has 0 unspecified atom stereocenters. The van der Waals surface area contributed by atoms with Crippen LogP contribution in [0, 0.1) is 12.8 Å². The third-order valence-corrected chi connectivity index (χ3v) is 6.98. The highest BCUT2D eigenvalue weighted by Crippen LogP contribution is 2.30. The molecule has 6 nitrogen and oxygen atoms in total. The number of likely N-dealkylation sites (N-methyl/N-ethyl adjacent to an activating group) is 1. The fourth-order valence-electron chi connectivity index (χ4n) is 5.19. The molecule has 3 fully saturated rings. The first kappa shape index (κ1) is 20.4. The molecule has 158 valence electrons. The van der Waals surface area contributed by atoms with Crippen LogP contribution in [-0.2, 0) is 16.1 Å². The van der Waals surface area contributed by atoms with Crippen LogP contribution in [0.5, 0.6) is 0 Å². The highest BCUT2D eigenvalue weighted by atomic mass is 16.2. The van der Waals surface area contributed by atoms with Gasteiger partial charge in [0, 0.05) is 52.4 Å². The molecule has 0 saturated carbocycles. The number of carbonyl (C=O) groups is 2. The number of nitrogens with zero attached hydrogens (tertiary/aromatic N) is 4. The Morgan fingerprint density at radius 2 is 1.90 bits per heavy atom. The topological polar surface area (TPSA) is 47.1 Å². The van der Waals surface area contributed by atoms with Gasteiger partial charge < -0.3 is 9.80 Å². The maximum absolute atomic E-state index is 13.1. The number of piperidine rings is 1. The van der Waals surface area contributed by atoms with Crippen molar-refractivity contribution in [3.8, 4) is 0 Å². The number of hydrogen-bond donors (Lipinski definition) is 0. The van der Waals surface area contributed by atoms with Crippen LogP contribution in [0.15, 0.2) is 24.3 Å². The molecule has 0 aromatic heterocycles. The van der Waals surface area contributed by atoms with E-state index in [-0.39, 0.29) is 23.8 Å². The Hall–Kier alpha value is -1.92. The van der Waals surface area contributed by atoms with E-state index in [2.05, 4.69) is 41.0 Å². The number of fused-ring (bicyclic) bond motifs is 1. The second kappa shape index (κ2) is 8.84. The van der Waals surface area contributed by atoms with E-state index in [1.807, 2.05) is 16.8 Å². The summed E-state index contributed by atoms with van der Waals surface area (Å²) in [5.41, 5.74) is 2.71. The Labute approximate surface area is 174 Å². The monoisotopic (exact) mass is 398 g/mol. The zero-order valence-corrected chi connectivity index (χ0v) is 17.8. The Morgan fingerprint density at radius 3 is 2.72 bits per heavy atom. The molecule has 3 saturated heterocycles. The minimum absolute atomic E-state index is 0.0929. The van der Waals surface area contributed by atoms with Crippen LogP contribution in [0.25, 0.3) is 0 Å². The summed E-state index contributed by atoms with van der Waals surface area (Å²) >= 11 is 0. The molecule has 0 spiro atoms. The number of hydrogen-bond acceptors (Lipinski definition) is 4. The highest BCUT2D eigenvalue weighted by Gasteiger charge is 2.44. The molecule has 0 N–H and O–H groups in total. The van der Waals surface area contributed by atoms with Crippen LogP contribution in [0.4, 0.5) is 0 Å². The molecule has 29 heavy (non-hydrogen) atoms. The Bertz CT molecular complexity index is 752. The van der Waals surface area contributed by atoms with E-state index in [9.17, 15) is 9.59 Å². The van der Waals surface area contributed by atoms with Crippen molar-refractivity contribution in [1.82, 2.24) is 19.6 Å². The maximum Gasteiger partial charge on any atom is 0.236 e. The van der Waals surface area contributed by atoms with Gasteiger partial charge in [-0.2, -0.15) is 0 Å². The molecule has 2 amide bonds. The second-order valence-electron chi connectivity index (χ2n) is 8.94. The molecule has 0 aliphatic carbocycles. The lowest BCUT2D eigenvalue weighted by atomic mass is 9.91. The quantitative estimate of drug-likeness (QED) is 0.773. The molecule has 0 bridgehead atoms. The van der Waals surface area contributed by atoms with Gasteiger partial charge in [0.25, 0.3) is 0 Å². The molecular formula is C23H34N4O2. The average molecular weight is 399 g/mol. The van der Waals surface area contributed by atoms with E-state index in [0.29, 0.717) is 6.54 Å². The van der Waals surface area contributed by atoms with Gasteiger partial charge in [0.1, 0.15) is 0 Å². The predicted octanol–water partition coefficient (Wildman–Crippen LogP) is 1.58. The smallest absolute Gasteiger partial charge is 0.236 e. The van der Waals surface area contributed by atoms with Crippen LogP contribution in [0.2, 0.25) is 0 Å². The first-order valence-corrected chi connectivity index (χ1v) is 11.1. The number of aryl methyl sites for hydroxylation is 1. The summed E-state index contributed by atoms with van der Waals surface area (Å²) in [4.78, 5) is 34.0. The van der Waals surface area contributed by atoms with E-state index >= 15 is 0 Å². The van der Waals surface area contributed by atoms with Crippen molar-refractivity contribution in [2.75, 3.05) is 52.9 Å². The van der Waals surface area contributed by atoms with E-state index < -0.39 is 0 Å². The zero-order valence-electron chi connectivity index (χ0n) is 17.8. The molecule has 3 heterocycles. The standard InChI is InChI=1S/C23H34N4O2/c1-18-7-3-4-8-19(18)15-25-10-6-12-26(14-13-25)22(28)17-27-11-5-9-20-21(27)16-24(2)23(20)29/h3-4,7-8,20-21H,5-6,9-17H2,1-2H3/t20-,21-/m1/s1. The van der Waals surface area contributed by atoms with Gasteiger partial charge in [-0.1, -0.05) is 24.3 Å². The minimum Gasteiger partial charge on any atom is -0.344 e. The number of amides is 2. The maximum atomic E-state index is 13.1. The molecule has 0 radical (unpaired) electrons. The van der Waals surface area contributed by atoms with Crippen molar-refractivity contribution in [3.63, 3.8) is 0 Å². The van der Waals surface area contributed by atoms with E-state index in [1.165, 1.54) is 11.1 Å². The van der Waals surface area contributed by atoms with Crippen LogP contribution >= 0.6 is 0 Å². The van der Waals surface area contributed by atoms with Gasteiger partial charge in [0.15, 0.2) is 0 Å². The van der Waals surface area contributed by atoms with Crippen LogP contribution in [0.3, 0.4) is 0 Å². The molecule has 3 aliphatic rings. The largest absolute Gasteiger partial charge is 0.344 e. The van der Waals surface area contributed by atoms with Gasteiger partial charge in [-0.15, -0.1) is 0 Å². The summed E-state index contributed by atoms with van der Waals surface area (Å²) in [6, 6.07) is 8.78. The highest BCUT2D eigenvalue weighted by molar-refractivity contribution is 5.82. The SMILES string of the molecule is Cc1ccccc1CN1CCCN(C(=O)CN2CCC[C@H]3C(=O)N(C)C[C@H]32)CC1. The number of rotatable bonds is 4. The summed E-state index contributed by atoms with van der Waals surface area (Å²) in [6.07, 6.45) is 3.00.